The second-order valence-corrected chi connectivity index (χ2v) is 12.5. The maximum Gasteiger partial charge on any atom is 0.255 e. The van der Waals surface area contributed by atoms with Crippen LogP contribution in [-0.4, -0.2) is 61.3 Å². The molecule has 0 unspecified atom stereocenters. The summed E-state index contributed by atoms with van der Waals surface area (Å²) in [6.45, 7) is 6.18. The highest BCUT2D eigenvalue weighted by Gasteiger charge is 2.89. The molecule has 0 radical (unpaired) electrons. The van der Waals surface area contributed by atoms with Gasteiger partial charge >= 0.3 is 0 Å². The summed E-state index contributed by atoms with van der Waals surface area (Å²) in [7, 11) is 1.46. The molecule has 2 spiro atoms. The number of ether oxygens (including phenoxy) is 2. The Hall–Kier alpha value is -3.93. The zero-order valence-corrected chi connectivity index (χ0v) is 22.8. The first-order valence-corrected chi connectivity index (χ1v) is 13.3. The smallest absolute Gasteiger partial charge is 0.255 e. The van der Waals surface area contributed by atoms with E-state index in [0.717, 1.165) is 18.4 Å². The summed E-state index contributed by atoms with van der Waals surface area (Å²) in [6, 6.07) is 1.36. The summed E-state index contributed by atoms with van der Waals surface area (Å²) < 4.78 is 11.5. The molecule has 41 heavy (non-hydrogen) atoms. The standard InChI is InChI=1S/C30H29NO10/c1-11-6-5-7-26(2,3)27(11)9-12-16-17(13(32)8-15(40-4)21(16)27)22(34)19-20(12)30(39)28(41-30)10-14(33)18(25(31)37)23(35)29(28,38)24(19)36/h6,8,32,34-35,38-39H,5,7,9-10H2,1-4H3,(H2,31,37)/t27-,28+,29+,30-/m0/s1. The highest BCUT2D eigenvalue weighted by atomic mass is 16.8. The van der Waals surface area contributed by atoms with Gasteiger partial charge in [0.2, 0.25) is 17.2 Å². The molecule has 2 aromatic carbocycles. The van der Waals surface area contributed by atoms with Gasteiger partial charge < -0.3 is 40.7 Å². The van der Waals surface area contributed by atoms with Gasteiger partial charge in [0.05, 0.1) is 24.5 Å². The van der Waals surface area contributed by atoms with E-state index in [1.807, 2.05) is 6.92 Å². The minimum atomic E-state index is -3.12. The molecule has 7 rings (SSSR count). The third-order valence-electron chi connectivity index (χ3n) is 10.6. The number of rotatable bonds is 2. The largest absolute Gasteiger partial charge is 0.508 e. The van der Waals surface area contributed by atoms with Gasteiger partial charge in [-0.05, 0) is 37.2 Å². The second-order valence-electron chi connectivity index (χ2n) is 12.5. The number of nitrogens with two attached hydrogens (primary N) is 1. The van der Waals surface area contributed by atoms with E-state index in [0.29, 0.717) is 22.3 Å². The number of ketones is 2. The molecular formula is C30H29NO10. The van der Waals surface area contributed by atoms with Crippen LogP contribution in [0.3, 0.4) is 0 Å². The number of allylic oxidation sites excluding steroid dienone is 2. The Morgan fingerprint density at radius 1 is 1.07 bits per heavy atom. The number of Topliss-reactive ketones (excluding diaryl/α,β-unsaturated/α-hetero) is 2. The number of primary amides is 1. The van der Waals surface area contributed by atoms with E-state index in [9.17, 15) is 39.9 Å². The second kappa shape index (κ2) is 7.10. The maximum atomic E-state index is 14.2. The number of aliphatic hydroxyl groups is 3. The van der Waals surface area contributed by atoms with Gasteiger partial charge in [-0.25, -0.2) is 0 Å². The van der Waals surface area contributed by atoms with Crippen molar-refractivity contribution in [3.63, 3.8) is 0 Å². The lowest BCUT2D eigenvalue weighted by Crippen LogP contribution is -2.63. The highest BCUT2D eigenvalue weighted by molar-refractivity contribution is 6.25. The van der Waals surface area contributed by atoms with Crippen LogP contribution in [0.1, 0.15) is 67.1 Å². The Balaban J connectivity index is 1.65. The molecule has 11 nitrogen and oxygen atoms in total. The number of carbonyl (C=O) groups is 3. The molecule has 1 saturated heterocycles. The van der Waals surface area contributed by atoms with E-state index in [4.69, 9.17) is 15.2 Å². The Morgan fingerprint density at radius 3 is 2.37 bits per heavy atom. The van der Waals surface area contributed by atoms with Crippen molar-refractivity contribution in [2.45, 2.75) is 68.9 Å². The SMILES string of the molecule is COc1cc(O)c2c(O)c3c(c4c2c1[C@]1(C4)C(C)=CCCC1(C)C)[C@]1(O)O[C@@]12CC(=O)C(C(N)=O)=C(O)[C@@]2(O)C3=O. The number of carbonyl (C=O) groups excluding carboxylic acids is 3. The molecule has 0 saturated carbocycles. The molecule has 1 fully saturated rings. The molecule has 11 heteroatoms. The summed E-state index contributed by atoms with van der Waals surface area (Å²) in [5, 5.41) is 57.9. The molecule has 4 aliphatic carbocycles. The predicted molar refractivity (Wildman–Crippen MR) is 141 cm³/mol. The number of hydrogen-bond donors (Lipinski definition) is 6. The van der Waals surface area contributed by atoms with Gasteiger partial charge in [0.15, 0.2) is 17.1 Å². The number of epoxide rings is 1. The first-order valence-electron chi connectivity index (χ1n) is 13.3. The highest BCUT2D eigenvalue weighted by Crippen LogP contribution is 2.73. The van der Waals surface area contributed by atoms with Gasteiger partial charge in [-0.1, -0.05) is 25.5 Å². The van der Waals surface area contributed by atoms with E-state index >= 15 is 0 Å². The van der Waals surface area contributed by atoms with Crippen molar-refractivity contribution in [1.82, 2.24) is 0 Å². The lowest BCUT2D eigenvalue weighted by atomic mass is 9.54. The number of hydrogen-bond acceptors (Lipinski definition) is 10. The molecule has 7 N–H and O–H groups in total. The van der Waals surface area contributed by atoms with Gasteiger partial charge in [0.25, 0.3) is 5.91 Å². The van der Waals surface area contributed by atoms with Gasteiger partial charge in [0.1, 0.15) is 22.8 Å². The molecule has 1 aliphatic heterocycles. The number of aromatic hydroxyl groups is 2. The zero-order chi connectivity index (χ0) is 29.8. The van der Waals surface area contributed by atoms with Crippen LogP contribution in [0.2, 0.25) is 0 Å². The van der Waals surface area contributed by atoms with Crippen molar-refractivity contribution >= 4 is 28.2 Å². The Bertz CT molecular complexity index is 1790. The molecule has 214 valence electrons. The van der Waals surface area contributed by atoms with Crippen LogP contribution in [0, 0.1) is 5.41 Å². The summed E-state index contributed by atoms with van der Waals surface area (Å²) in [6.07, 6.45) is 3.10. The molecule has 0 bridgehead atoms. The normalized spacial score (nSPS) is 34.3. The first-order chi connectivity index (χ1) is 19.1. The average molecular weight is 564 g/mol. The number of benzene rings is 2. The Morgan fingerprint density at radius 2 is 1.76 bits per heavy atom. The Kier molecular flexibility index (Phi) is 4.50. The minimum absolute atomic E-state index is 0.0974. The number of methoxy groups -OCH3 is 1. The summed E-state index contributed by atoms with van der Waals surface area (Å²) in [4.78, 5) is 39.2. The predicted octanol–water partition coefficient (Wildman–Crippen LogP) is 1.93. The molecule has 1 heterocycles. The lowest BCUT2D eigenvalue weighted by Gasteiger charge is -2.49. The van der Waals surface area contributed by atoms with Crippen LogP contribution in [0.4, 0.5) is 0 Å². The number of fused-ring (bicyclic) bond motifs is 4. The fourth-order valence-electron chi connectivity index (χ4n) is 8.53. The third kappa shape index (κ3) is 2.40. The third-order valence-corrected chi connectivity index (χ3v) is 10.6. The molecule has 4 atom stereocenters. The van der Waals surface area contributed by atoms with Crippen LogP contribution in [0.15, 0.2) is 29.0 Å². The fraction of sp³-hybridized carbons (Fsp3) is 0.433. The molecular weight excluding hydrogens is 534 g/mol. The maximum absolute atomic E-state index is 14.2. The summed E-state index contributed by atoms with van der Waals surface area (Å²) >= 11 is 0. The van der Waals surface area contributed by atoms with Gasteiger partial charge in [-0.15, -0.1) is 0 Å². The van der Waals surface area contributed by atoms with Crippen molar-refractivity contribution in [3.05, 3.63) is 51.3 Å². The van der Waals surface area contributed by atoms with E-state index in [1.54, 1.807) is 0 Å². The molecule has 1 amide bonds. The molecule has 5 aliphatic rings. The molecule has 0 aromatic heterocycles. The van der Waals surface area contributed by atoms with Crippen molar-refractivity contribution < 1.29 is 49.4 Å². The van der Waals surface area contributed by atoms with E-state index < -0.39 is 80.1 Å². The van der Waals surface area contributed by atoms with Crippen molar-refractivity contribution in [1.29, 1.82) is 0 Å². The van der Waals surface area contributed by atoms with Crippen molar-refractivity contribution in [2.24, 2.45) is 11.1 Å². The topological polar surface area (TPSA) is 200 Å². The number of amides is 1. The number of phenolic OH excluding ortho intramolecular Hbond substituents is 2. The van der Waals surface area contributed by atoms with Gasteiger partial charge in [-0.2, -0.15) is 0 Å². The van der Waals surface area contributed by atoms with Crippen LogP contribution < -0.4 is 10.5 Å². The zero-order valence-electron chi connectivity index (χ0n) is 22.8. The fourth-order valence-corrected chi connectivity index (χ4v) is 8.53. The van der Waals surface area contributed by atoms with Crippen LogP contribution in [0.25, 0.3) is 10.8 Å². The molecule has 2 aromatic rings. The number of phenols is 2. The quantitative estimate of drug-likeness (QED) is 0.178. The Labute approximate surface area is 233 Å². The first kappa shape index (κ1) is 26.0. The van der Waals surface area contributed by atoms with Gasteiger partial charge in [-0.3, -0.25) is 14.4 Å². The van der Waals surface area contributed by atoms with Crippen molar-refractivity contribution in [3.8, 4) is 17.2 Å². The van der Waals surface area contributed by atoms with Crippen LogP contribution >= 0.6 is 0 Å². The van der Waals surface area contributed by atoms with E-state index in [-0.39, 0.29) is 17.4 Å². The van der Waals surface area contributed by atoms with E-state index in [2.05, 4.69) is 19.9 Å². The van der Waals surface area contributed by atoms with Crippen LogP contribution in [0.5, 0.6) is 17.2 Å². The van der Waals surface area contributed by atoms with Gasteiger partial charge in [0, 0.05) is 28.0 Å². The lowest BCUT2D eigenvalue weighted by molar-refractivity contribution is -0.127. The minimum Gasteiger partial charge on any atom is -0.508 e. The average Bonchev–Trinajstić information content (AvgIpc) is 3.33. The summed E-state index contributed by atoms with van der Waals surface area (Å²) in [5.41, 5.74) is -1.03. The monoisotopic (exact) mass is 563 g/mol. The van der Waals surface area contributed by atoms with E-state index in [1.165, 1.54) is 13.2 Å². The van der Waals surface area contributed by atoms with Crippen molar-refractivity contribution in [2.75, 3.05) is 7.11 Å². The van der Waals surface area contributed by atoms with Crippen LogP contribution in [-0.2, 0) is 31.9 Å². The summed E-state index contributed by atoms with van der Waals surface area (Å²) in [5.74, 6) is -8.38. The number of aliphatic hydroxyl groups excluding tert-OH is 1.